The number of amides is 3. The van der Waals surface area contributed by atoms with E-state index in [4.69, 9.17) is 5.73 Å². The molecule has 1 saturated heterocycles. The van der Waals surface area contributed by atoms with E-state index >= 15 is 0 Å². The summed E-state index contributed by atoms with van der Waals surface area (Å²) >= 11 is 0. The van der Waals surface area contributed by atoms with Crippen LogP contribution in [0.1, 0.15) is 20.3 Å². The summed E-state index contributed by atoms with van der Waals surface area (Å²) in [5.74, 6) is -0.0700. The van der Waals surface area contributed by atoms with Gasteiger partial charge in [0.1, 0.15) is 6.04 Å². The molecule has 1 fully saturated rings. The van der Waals surface area contributed by atoms with Gasteiger partial charge in [-0.15, -0.1) is 0 Å². The summed E-state index contributed by atoms with van der Waals surface area (Å²) in [6.45, 7) is 3.95. The number of nitrogen functional groups attached to an aromatic ring is 1. The van der Waals surface area contributed by atoms with Crippen molar-refractivity contribution in [2.75, 3.05) is 10.6 Å². The maximum Gasteiger partial charge on any atom is 0.329 e. The first-order valence-corrected chi connectivity index (χ1v) is 6.04. The lowest BCUT2D eigenvalue weighted by atomic mass is 9.99. The van der Waals surface area contributed by atoms with Crippen molar-refractivity contribution in [3.05, 3.63) is 24.3 Å². The minimum atomic E-state index is -0.431. The van der Waals surface area contributed by atoms with Gasteiger partial charge in [0.2, 0.25) is 0 Å². The van der Waals surface area contributed by atoms with Crippen molar-refractivity contribution >= 4 is 23.3 Å². The summed E-state index contributed by atoms with van der Waals surface area (Å²) in [5, 5.41) is 2.72. The lowest BCUT2D eigenvalue weighted by Gasteiger charge is -2.16. The Balaban J connectivity index is 2.27. The van der Waals surface area contributed by atoms with Gasteiger partial charge in [-0.25, -0.2) is 9.69 Å². The number of urea groups is 1. The van der Waals surface area contributed by atoms with Crippen LogP contribution >= 0.6 is 0 Å². The van der Waals surface area contributed by atoms with Gasteiger partial charge in [-0.05, 0) is 30.2 Å². The largest absolute Gasteiger partial charge is 0.399 e. The third kappa shape index (κ3) is 2.03. The van der Waals surface area contributed by atoms with Crippen LogP contribution in [-0.2, 0) is 4.79 Å². The summed E-state index contributed by atoms with van der Waals surface area (Å²) in [6.07, 6.45) is 0.840. The van der Waals surface area contributed by atoms with Gasteiger partial charge in [-0.3, -0.25) is 4.79 Å². The molecule has 1 aliphatic rings. The van der Waals surface area contributed by atoms with Gasteiger partial charge in [0.05, 0.1) is 5.69 Å². The third-order valence-electron chi connectivity index (χ3n) is 3.33. The second-order valence-electron chi connectivity index (χ2n) is 4.58. The van der Waals surface area contributed by atoms with E-state index in [0.29, 0.717) is 11.4 Å². The van der Waals surface area contributed by atoms with Crippen LogP contribution in [-0.4, -0.2) is 18.0 Å². The molecule has 3 amide bonds. The van der Waals surface area contributed by atoms with Gasteiger partial charge in [0.15, 0.2) is 0 Å². The average Bonchev–Trinajstić information content (AvgIpc) is 2.65. The third-order valence-corrected chi connectivity index (χ3v) is 3.33. The van der Waals surface area contributed by atoms with Crippen molar-refractivity contribution in [3.63, 3.8) is 0 Å². The number of nitrogens with zero attached hydrogens (tertiary/aromatic N) is 1. The Kier molecular flexibility index (Phi) is 3.23. The smallest absolute Gasteiger partial charge is 0.329 e. The number of nitrogens with one attached hydrogen (secondary N) is 1. The quantitative estimate of drug-likeness (QED) is 0.631. The number of imide groups is 1. The summed E-state index contributed by atoms with van der Waals surface area (Å²) in [6, 6.07) is 5.89. The topological polar surface area (TPSA) is 75.4 Å². The Labute approximate surface area is 106 Å². The molecule has 0 radical (unpaired) electrons. The Hall–Kier alpha value is -2.04. The Morgan fingerprint density at radius 3 is 2.50 bits per heavy atom. The molecule has 5 nitrogen and oxygen atoms in total. The zero-order valence-corrected chi connectivity index (χ0v) is 10.5. The molecule has 96 valence electrons. The number of carbonyl (C=O) groups is 2. The fraction of sp³-hybridized carbons (Fsp3) is 0.385. The summed E-state index contributed by atoms with van der Waals surface area (Å²) in [7, 11) is 0. The van der Waals surface area contributed by atoms with E-state index in [1.54, 1.807) is 24.3 Å². The predicted molar refractivity (Wildman–Crippen MR) is 70.1 cm³/mol. The standard InChI is InChI=1S/C13H17N3O2/c1-3-8(2)11-12(17)16(13(18)15-11)10-6-4-9(14)5-7-10/h4-8,11H,3,14H2,1-2H3,(H,15,18)/t8-,11-/m0/s1. The molecule has 1 aliphatic heterocycles. The van der Waals surface area contributed by atoms with Crippen LogP contribution in [0.15, 0.2) is 24.3 Å². The van der Waals surface area contributed by atoms with Gasteiger partial charge in [-0.2, -0.15) is 0 Å². The first-order chi connectivity index (χ1) is 8.54. The number of carbonyl (C=O) groups excluding carboxylic acids is 2. The van der Waals surface area contributed by atoms with E-state index in [-0.39, 0.29) is 17.9 Å². The summed E-state index contributed by atoms with van der Waals surface area (Å²) in [5.41, 5.74) is 6.74. The molecule has 3 N–H and O–H groups in total. The second-order valence-corrected chi connectivity index (χ2v) is 4.58. The monoisotopic (exact) mass is 247 g/mol. The first-order valence-electron chi connectivity index (χ1n) is 6.04. The molecular formula is C13H17N3O2. The number of hydrogen-bond acceptors (Lipinski definition) is 3. The van der Waals surface area contributed by atoms with Crippen LogP contribution < -0.4 is 16.0 Å². The fourth-order valence-electron chi connectivity index (χ4n) is 1.99. The minimum absolute atomic E-state index is 0.125. The predicted octanol–water partition coefficient (Wildman–Crippen LogP) is 1.74. The van der Waals surface area contributed by atoms with Crippen LogP contribution in [0, 0.1) is 5.92 Å². The van der Waals surface area contributed by atoms with Crippen molar-refractivity contribution in [1.82, 2.24) is 5.32 Å². The molecule has 0 bridgehead atoms. The van der Waals surface area contributed by atoms with E-state index in [2.05, 4.69) is 5.32 Å². The highest BCUT2D eigenvalue weighted by atomic mass is 16.2. The normalized spacial score (nSPS) is 21.0. The zero-order valence-electron chi connectivity index (χ0n) is 10.5. The number of benzene rings is 1. The molecule has 1 aromatic rings. The Morgan fingerprint density at radius 2 is 1.94 bits per heavy atom. The molecular weight excluding hydrogens is 230 g/mol. The highest BCUT2D eigenvalue weighted by Gasteiger charge is 2.41. The van der Waals surface area contributed by atoms with Crippen LogP contribution in [0.4, 0.5) is 16.2 Å². The number of anilines is 2. The van der Waals surface area contributed by atoms with Gasteiger partial charge in [0, 0.05) is 5.69 Å². The number of nitrogens with two attached hydrogens (primary N) is 1. The van der Waals surface area contributed by atoms with Gasteiger partial charge >= 0.3 is 6.03 Å². The minimum Gasteiger partial charge on any atom is -0.399 e. The van der Waals surface area contributed by atoms with Crippen LogP contribution in [0.3, 0.4) is 0 Å². The Bertz CT molecular complexity index is 470. The highest BCUT2D eigenvalue weighted by molar-refractivity contribution is 6.21. The maximum atomic E-state index is 12.2. The molecule has 2 rings (SSSR count). The van der Waals surface area contributed by atoms with Crippen LogP contribution in [0.5, 0.6) is 0 Å². The molecule has 0 spiro atoms. The fourth-order valence-corrected chi connectivity index (χ4v) is 1.99. The average molecular weight is 247 g/mol. The van der Waals surface area contributed by atoms with Crippen LogP contribution in [0.2, 0.25) is 0 Å². The zero-order chi connectivity index (χ0) is 13.3. The molecule has 1 aromatic carbocycles. The van der Waals surface area contributed by atoms with E-state index in [9.17, 15) is 9.59 Å². The van der Waals surface area contributed by atoms with Gasteiger partial charge < -0.3 is 11.1 Å². The van der Waals surface area contributed by atoms with Gasteiger partial charge in [0.25, 0.3) is 5.91 Å². The van der Waals surface area contributed by atoms with E-state index in [1.807, 2.05) is 13.8 Å². The van der Waals surface area contributed by atoms with Crippen molar-refractivity contribution < 1.29 is 9.59 Å². The van der Waals surface area contributed by atoms with E-state index in [0.717, 1.165) is 6.42 Å². The number of hydrogen-bond donors (Lipinski definition) is 2. The molecule has 0 unspecified atom stereocenters. The van der Waals surface area contributed by atoms with Crippen molar-refractivity contribution in [2.45, 2.75) is 26.3 Å². The lowest BCUT2D eigenvalue weighted by molar-refractivity contribution is -0.119. The Morgan fingerprint density at radius 1 is 1.33 bits per heavy atom. The highest BCUT2D eigenvalue weighted by Crippen LogP contribution is 2.24. The van der Waals surface area contributed by atoms with Crippen molar-refractivity contribution in [3.8, 4) is 0 Å². The summed E-state index contributed by atoms with van der Waals surface area (Å²) < 4.78 is 0. The maximum absolute atomic E-state index is 12.2. The first kappa shape index (κ1) is 12.4. The van der Waals surface area contributed by atoms with Crippen LogP contribution in [0.25, 0.3) is 0 Å². The van der Waals surface area contributed by atoms with Gasteiger partial charge in [-0.1, -0.05) is 20.3 Å². The lowest BCUT2D eigenvalue weighted by Crippen LogP contribution is -2.35. The molecule has 2 atom stereocenters. The molecule has 0 aromatic heterocycles. The van der Waals surface area contributed by atoms with Crippen molar-refractivity contribution in [2.24, 2.45) is 5.92 Å². The molecule has 1 heterocycles. The second kappa shape index (κ2) is 4.68. The van der Waals surface area contributed by atoms with E-state index in [1.165, 1.54) is 4.90 Å². The summed E-state index contributed by atoms with van der Waals surface area (Å²) in [4.78, 5) is 25.3. The molecule has 5 heteroatoms. The number of rotatable bonds is 3. The molecule has 0 saturated carbocycles. The molecule has 0 aliphatic carbocycles. The molecule has 18 heavy (non-hydrogen) atoms. The van der Waals surface area contributed by atoms with E-state index < -0.39 is 6.04 Å². The SMILES string of the molecule is CC[C@H](C)[C@@H]1NC(=O)N(c2ccc(N)cc2)C1=O. The van der Waals surface area contributed by atoms with Crippen molar-refractivity contribution in [1.29, 1.82) is 0 Å².